The molecule has 0 radical (unpaired) electrons. The van der Waals surface area contributed by atoms with Crippen LogP contribution in [0.3, 0.4) is 0 Å². The molecule has 0 fully saturated rings. The minimum atomic E-state index is -0.198. The molecule has 0 spiro atoms. The lowest BCUT2D eigenvalue weighted by Crippen LogP contribution is -2.29. The third kappa shape index (κ3) is 3.77. The predicted molar refractivity (Wildman–Crippen MR) is 125 cm³/mol. The van der Waals surface area contributed by atoms with Gasteiger partial charge in [-0.05, 0) is 55.2 Å². The van der Waals surface area contributed by atoms with E-state index in [-0.39, 0.29) is 5.91 Å². The molecular formula is C25H25N5O. The zero-order valence-corrected chi connectivity index (χ0v) is 17.6. The number of amides is 1. The van der Waals surface area contributed by atoms with Gasteiger partial charge < -0.3 is 15.2 Å². The number of nitrogens with zero attached hydrogens (tertiary/aromatic N) is 3. The molecule has 0 unspecified atom stereocenters. The molecule has 6 heteroatoms. The summed E-state index contributed by atoms with van der Waals surface area (Å²) in [5.41, 5.74) is 6.45. The molecule has 2 aromatic carbocycles. The first-order valence-corrected chi connectivity index (χ1v) is 10.8. The van der Waals surface area contributed by atoms with E-state index >= 15 is 0 Å². The Hall–Kier alpha value is -3.67. The number of aromatic nitrogens is 3. The average Bonchev–Trinajstić information content (AvgIpc) is 3.24. The van der Waals surface area contributed by atoms with Gasteiger partial charge in [-0.15, -0.1) is 0 Å². The summed E-state index contributed by atoms with van der Waals surface area (Å²) in [6, 6.07) is 15.8. The molecule has 6 nitrogen and oxygen atoms in total. The summed E-state index contributed by atoms with van der Waals surface area (Å²) in [7, 11) is 0. The lowest BCUT2D eigenvalue weighted by Gasteiger charge is -2.31. The molecule has 5 rings (SSSR count). The molecule has 0 saturated carbocycles. The first-order valence-electron chi connectivity index (χ1n) is 10.8. The van der Waals surface area contributed by atoms with Gasteiger partial charge in [-0.25, -0.2) is 4.98 Å². The number of carbonyl (C=O) groups is 1. The van der Waals surface area contributed by atoms with E-state index in [9.17, 15) is 4.79 Å². The number of pyridine rings is 1. The summed E-state index contributed by atoms with van der Waals surface area (Å²) in [5, 5.41) is 2.90. The van der Waals surface area contributed by atoms with Gasteiger partial charge in [0, 0.05) is 30.5 Å². The quantitative estimate of drug-likeness (QED) is 0.482. The van der Waals surface area contributed by atoms with E-state index in [1.54, 1.807) is 24.5 Å². The number of aryl methyl sites for hydroxylation is 1. The maximum Gasteiger partial charge on any atom is 0.257 e. The third-order valence-corrected chi connectivity index (χ3v) is 5.74. The van der Waals surface area contributed by atoms with Crippen LogP contribution in [0.1, 0.15) is 35.7 Å². The molecule has 1 aliphatic rings. The van der Waals surface area contributed by atoms with Gasteiger partial charge in [0.1, 0.15) is 11.3 Å². The maximum atomic E-state index is 12.9. The molecular weight excluding hydrogens is 386 g/mol. The second kappa shape index (κ2) is 8.22. The Balaban J connectivity index is 1.50. The zero-order valence-electron chi connectivity index (χ0n) is 17.6. The second-order valence-corrected chi connectivity index (χ2v) is 7.92. The lowest BCUT2D eigenvalue weighted by atomic mass is 9.99. The van der Waals surface area contributed by atoms with Crippen molar-refractivity contribution in [1.82, 2.24) is 15.0 Å². The summed E-state index contributed by atoms with van der Waals surface area (Å²) in [4.78, 5) is 27.6. The van der Waals surface area contributed by atoms with E-state index in [1.807, 2.05) is 18.2 Å². The van der Waals surface area contributed by atoms with Gasteiger partial charge in [0.05, 0.1) is 23.0 Å². The Bertz CT molecular complexity index is 1230. The van der Waals surface area contributed by atoms with E-state index in [2.05, 4.69) is 45.3 Å². The van der Waals surface area contributed by atoms with Crippen LogP contribution in [-0.4, -0.2) is 33.9 Å². The smallest absolute Gasteiger partial charge is 0.257 e. The van der Waals surface area contributed by atoms with Crippen LogP contribution in [0.15, 0.2) is 60.9 Å². The minimum absolute atomic E-state index is 0.198. The summed E-state index contributed by atoms with van der Waals surface area (Å²) >= 11 is 0. The number of hydrogen-bond acceptors (Lipinski definition) is 4. The fraction of sp³-hybridized carbons (Fsp3) is 0.240. The number of imidazole rings is 1. The van der Waals surface area contributed by atoms with E-state index in [1.165, 1.54) is 17.7 Å². The van der Waals surface area contributed by atoms with Crippen molar-refractivity contribution in [2.45, 2.75) is 26.2 Å². The summed E-state index contributed by atoms with van der Waals surface area (Å²) in [5.74, 6) is 0.581. The molecule has 4 aromatic rings. The summed E-state index contributed by atoms with van der Waals surface area (Å²) in [6.07, 6.45) is 6.75. The zero-order chi connectivity index (χ0) is 21.2. The predicted octanol–water partition coefficient (Wildman–Crippen LogP) is 5.04. The SMILES string of the molecule is CCCN1CCCc2ccc(-c3nc4c(C(=O)Nc5cccnc5)cccc4[nH]3)cc21. The van der Waals surface area contributed by atoms with Crippen LogP contribution in [0.4, 0.5) is 11.4 Å². The maximum absolute atomic E-state index is 12.9. The van der Waals surface area contributed by atoms with Crippen molar-refractivity contribution in [1.29, 1.82) is 0 Å². The average molecular weight is 412 g/mol. The molecule has 0 bridgehead atoms. The molecule has 2 N–H and O–H groups in total. The number of fused-ring (bicyclic) bond motifs is 2. The first kappa shape index (κ1) is 19.3. The Kier molecular flexibility index (Phi) is 5.12. The van der Waals surface area contributed by atoms with Crippen LogP contribution in [0.5, 0.6) is 0 Å². The van der Waals surface area contributed by atoms with Gasteiger partial charge in [0.15, 0.2) is 0 Å². The van der Waals surface area contributed by atoms with Gasteiger partial charge in [-0.3, -0.25) is 9.78 Å². The van der Waals surface area contributed by atoms with Crippen LogP contribution in [-0.2, 0) is 6.42 Å². The molecule has 0 atom stereocenters. The highest BCUT2D eigenvalue weighted by molar-refractivity contribution is 6.11. The highest BCUT2D eigenvalue weighted by atomic mass is 16.1. The monoisotopic (exact) mass is 411 g/mol. The third-order valence-electron chi connectivity index (χ3n) is 5.74. The number of nitrogens with one attached hydrogen (secondary N) is 2. The van der Waals surface area contributed by atoms with Crippen molar-refractivity contribution in [2.75, 3.05) is 23.3 Å². The number of anilines is 2. The van der Waals surface area contributed by atoms with Gasteiger partial charge in [0.2, 0.25) is 0 Å². The number of rotatable bonds is 5. The van der Waals surface area contributed by atoms with Gasteiger partial charge in [0.25, 0.3) is 5.91 Å². The Morgan fingerprint density at radius 1 is 1.19 bits per heavy atom. The number of carbonyl (C=O) groups excluding carboxylic acids is 1. The van der Waals surface area contributed by atoms with Crippen molar-refractivity contribution >= 4 is 28.3 Å². The molecule has 3 heterocycles. The number of para-hydroxylation sites is 1. The lowest BCUT2D eigenvalue weighted by molar-refractivity contribution is 0.102. The molecule has 2 aromatic heterocycles. The van der Waals surface area contributed by atoms with Crippen LogP contribution in [0.25, 0.3) is 22.4 Å². The number of benzene rings is 2. The molecule has 0 saturated heterocycles. The van der Waals surface area contributed by atoms with E-state index in [0.29, 0.717) is 16.8 Å². The van der Waals surface area contributed by atoms with Crippen molar-refractivity contribution < 1.29 is 4.79 Å². The number of H-pyrrole nitrogens is 1. The fourth-order valence-corrected chi connectivity index (χ4v) is 4.29. The van der Waals surface area contributed by atoms with Crippen LogP contribution < -0.4 is 10.2 Å². The van der Waals surface area contributed by atoms with Gasteiger partial charge >= 0.3 is 0 Å². The van der Waals surface area contributed by atoms with E-state index < -0.39 is 0 Å². The Labute approximate surface area is 181 Å². The van der Waals surface area contributed by atoms with Crippen molar-refractivity contribution in [3.05, 3.63) is 72.1 Å². The van der Waals surface area contributed by atoms with Crippen LogP contribution >= 0.6 is 0 Å². The number of hydrogen-bond donors (Lipinski definition) is 2. The standard InChI is InChI=1S/C25H25N5O/c1-2-13-30-14-5-6-17-10-11-18(15-22(17)30)24-28-21-9-3-8-20(23(21)29-24)25(31)27-19-7-4-12-26-16-19/h3-4,7-12,15-16H,2,5-6,13-14H2,1H3,(H,27,31)(H,28,29). The molecule has 156 valence electrons. The first-order chi connectivity index (χ1) is 15.2. The highest BCUT2D eigenvalue weighted by Gasteiger charge is 2.19. The van der Waals surface area contributed by atoms with Crippen molar-refractivity contribution in [3.8, 4) is 11.4 Å². The highest BCUT2D eigenvalue weighted by Crippen LogP contribution is 2.32. The topological polar surface area (TPSA) is 73.9 Å². The molecule has 1 amide bonds. The van der Waals surface area contributed by atoms with Gasteiger partial charge in [-0.1, -0.05) is 25.1 Å². The molecule has 0 aliphatic carbocycles. The summed E-state index contributed by atoms with van der Waals surface area (Å²) < 4.78 is 0. The second-order valence-electron chi connectivity index (χ2n) is 7.92. The normalized spacial score (nSPS) is 13.3. The van der Waals surface area contributed by atoms with Crippen LogP contribution in [0.2, 0.25) is 0 Å². The molecule has 31 heavy (non-hydrogen) atoms. The number of aromatic amines is 1. The summed E-state index contributed by atoms with van der Waals surface area (Å²) in [6.45, 7) is 4.38. The molecule has 1 aliphatic heterocycles. The van der Waals surface area contributed by atoms with Crippen molar-refractivity contribution in [2.24, 2.45) is 0 Å². The van der Waals surface area contributed by atoms with Gasteiger partial charge in [-0.2, -0.15) is 0 Å². The largest absolute Gasteiger partial charge is 0.371 e. The fourth-order valence-electron chi connectivity index (χ4n) is 4.29. The minimum Gasteiger partial charge on any atom is -0.371 e. The van der Waals surface area contributed by atoms with Crippen molar-refractivity contribution in [3.63, 3.8) is 0 Å². The van der Waals surface area contributed by atoms with Crippen LogP contribution in [0, 0.1) is 0 Å². The van der Waals surface area contributed by atoms with E-state index in [4.69, 9.17) is 4.98 Å². The van der Waals surface area contributed by atoms with E-state index in [0.717, 1.165) is 42.8 Å². The Morgan fingerprint density at radius 2 is 2.13 bits per heavy atom. The Morgan fingerprint density at radius 3 is 2.97 bits per heavy atom.